The Bertz CT molecular complexity index is 1180. The van der Waals surface area contributed by atoms with Crippen LogP contribution in [0.5, 0.6) is 11.5 Å². The second-order valence-corrected chi connectivity index (χ2v) is 7.29. The lowest BCUT2D eigenvalue weighted by Crippen LogP contribution is -2.11. The average molecular weight is 395 g/mol. The van der Waals surface area contributed by atoms with E-state index in [0.29, 0.717) is 11.3 Å². The highest BCUT2D eigenvalue weighted by atomic mass is 16.5. The molecule has 4 aromatic rings. The molecule has 0 fully saturated rings. The third-order valence-electron chi connectivity index (χ3n) is 5.23. The normalized spacial score (nSPS) is 12.4. The monoisotopic (exact) mass is 395 g/mol. The summed E-state index contributed by atoms with van der Waals surface area (Å²) < 4.78 is 8.04. The summed E-state index contributed by atoms with van der Waals surface area (Å²) in [7, 11) is 0. The van der Waals surface area contributed by atoms with E-state index in [9.17, 15) is 4.79 Å². The van der Waals surface area contributed by atoms with Crippen LogP contribution >= 0.6 is 0 Å². The maximum absolute atomic E-state index is 12.7. The van der Waals surface area contributed by atoms with Gasteiger partial charge in [-0.1, -0.05) is 30.3 Å². The van der Waals surface area contributed by atoms with Gasteiger partial charge in [-0.2, -0.15) is 0 Å². The van der Waals surface area contributed by atoms with Gasteiger partial charge < -0.3 is 14.6 Å². The van der Waals surface area contributed by atoms with Gasteiger partial charge in [0.25, 0.3) is 5.91 Å². The molecule has 5 nitrogen and oxygen atoms in total. The molecule has 0 aliphatic carbocycles. The van der Waals surface area contributed by atoms with Crippen molar-refractivity contribution in [3.05, 3.63) is 96.4 Å². The summed E-state index contributed by atoms with van der Waals surface area (Å²) in [6.45, 7) is 0.999. The number of ether oxygens (including phenoxy) is 1. The Morgan fingerprint density at radius 2 is 1.73 bits per heavy atom. The number of para-hydroxylation sites is 1. The Kier molecular flexibility index (Phi) is 4.77. The maximum Gasteiger partial charge on any atom is 0.255 e. The quantitative estimate of drug-likeness (QED) is 0.483. The second-order valence-electron chi connectivity index (χ2n) is 7.29. The fourth-order valence-electron chi connectivity index (χ4n) is 3.75. The molecule has 1 amide bonds. The zero-order chi connectivity index (χ0) is 20.3. The first kappa shape index (κ1) is 18.2. The average Bonchev–Trinajstić information content (AvgIpc) is 3.39. The van der Waals surface area contributed by atoms with E-state index in [1.165, 1.54) is 0 Å². The first-order chi connectivity index (χ1) is 14.8. The van der Waals surface area contributed by atoms with E-state index < -0.39 is 0 Å². The van der Waals surface area contributed by atoms with Gasteiger partial charge in [-0.3, -0.25) is 4.79 Å². The van der Waals surface area contributed by atoms with E-state index in [1.807, 2.05) is 60.8 Å². The van der Waals surface area contributed by atoms with Gasteiger partial charge in [-0.15, -0.1) is 0 Å². The van der Waals surface area contributed by atoms with Crippen molar-refractivity contribution in [2.75, 3.05) is 5.32 Å². The number of carbonyl (C=O) groups excluding carboxylic acids is 1. The van der Waals surface area contributed by atoms with Crippen LogP contribution in [0.2, 0.25) is 0 Å². The predicted octanol–water partition coefficient (Wildman–Crippen LogP) is 5.54. The molecule has 0 radical (unpaired) electrons. The smallest absolute Gasteiger partial charge is 0.255 e. The van der Waals surface area contributed by atoms with Crippen LogP contribution in [0.25, 0.3) is 11.3 Å². The van der Waals surface area contributed by atoms with Crippen molar-refractivity contribution in [2.24, 2.45) is 0 Å². The highest BCUT2D eigenvalue weighted by Crippen LogP contribution is 2.28. The summed E-state index contributed by atoms with van der Waals surface area (Å²) in [5, 5.41) is 2.99. The molecule has 0 bridgehead atoms. The van der Waals surface area contributed by atoms with Crippen LogP contribution in [-0.2, 0) is 13.0 Å². The summed E-state index contributed by atoms with van der Waals surface area (Å²) in [5.74, 6) is 2.43. The van der Waals surface area contributed by atoms with Crippen LogP contribution in [0.15, 0.2) is 85.1 Å². The molecule has 0 saturated heterocycles. The number of rotatable bonds is 5. The van der Waals surface area contributed by atoms with Gasteiger partial charge in [0.05, 0.1) is 11.9 Å². The number of amides is 1. The van der Waals surface area contributed by atoms with Gasteiger partial charge in [0.15, 0.2) is 0 Å². The molecule has 5 rings (SSSR count). The second kappa shape index (κ2) is 7.87. The van der Waals surface area contributed by atoms with Crippen molar-refractivity contribution < 1.29 is 9.53 Å². The van der Waals surface area contributed by atoms with Crippen molar-refractivity contribution in [2.45, 2.75) is 19.4 Å². The van der Waals surface area contributed by atoms with Crippen molar-refractivity contribution >= 4 is 11.6 Å². The standard InChI is InChI=1S/C25H21N3O2/c29-25(18-11-13-22(14-12-18)30-21-8-2-1-3-9-21)27-20-7-4-6-19(16-20)23-17-26-24-10-5-15-28(23)24/h1-4,6-9,11-14,16-17H,5,10,15H2,(H,27,29). The maximum atomic E-state index is 12.7. The summed E-state index contributed by atoms with van der Waals surface area (Å²) in [6, 6.07) is 24.6. The number of aryl methyl sites for hydroxylation is 1. The lowest BCUT2D eigenvalue weighted by atomic mass is 10.1. The van der Waals surface area contributed by atoms with E-state index in [2.05, 4.69) is 14.9 Å². The molecule has 148 valence electrons. The molecule has 0 atom stereocenters. The third kappa shape index (κ3) is 3.70. The number of carbonyl (C=O) groups is 1. The molecule has 0 unspecified atom stereocenters. The minimum atomic E-state index is -0.156. The number of fused-ring (bicyclic) bond motifs is 1. The largest absolute Gasteiger partial charge is 0.457 e. The Morgan fingerprint density at radius 3 is 2.57 bits per heavy atom. The number of anilines is 1. The minimum absolute atomic E-state index is 0.156. The van der Waals surface area contributed by atoms with Crippen molar-refractivity contribution in [1.82, 2.24) is 9.55 Å². The Hall–Kier alpha value is -3.86. The van der Waals surface area contributed by atoms with E-state index in [4.69, 9.17) is 4.74 Å². The van der Waals surface area contributed by atoms with Crippen molar-refractivity contribution in [1.29, 1.82) is 0 Å². The molecule has 1 aliphatic rings. The molecule has 0 spiro atoms. The van der Waals surface area contributed by atoms with Crippen molar-refractivity contribution in [3.8, 4) is 22.8 Å². The number of imidazole rings is 1. The summed E-state index contributed by atoms with van der Waals surface area (Å²) >= 11 is 0. The highest BCUT2D eigenvalue weighted by Gasteiger charge is 2.17. The Labute approximate surface area is 175 Å². The van der Waals surface area contributed by atoms with Crippen LogP contribution in [0.1, 0.15) is 22.6 Å². The van der Waals surface area contributed by atoms with Gasteiger partial charge in [0.1, 0.15) is 17.3 Å². The molecule has 0 saturated carbocycles. The van der Waals surface area contributed by atoms with E-state index in [1.54, 1.807) is 24.3 Å². The highest BCUT2D eigenvalue weighted by molar-refractivity contribution is 6.04. The van der Waals surface area contributed by atoms with Crippen LogP contribution in [-0.4, -0.2) is 15.5 Å². The molecule has 5 heteroatoms. The SMILES string of the molecule is O=C(Nc1cccc(-c2cnc3n2CCC3)c1)c1ccc(Oc2ccccc2)cc1. The molecule has 1 N–H and O–H groups in total. The Morgan fingerprint density at radius 1 is 0.933 bits per heavy atom. The number of nitrogens with zero attached hydrogens (tertiary/aromatic N) is 2. The minimum Gasteiger partial charge on any atom is -0.457 e. The fourth-order valence-corrected chi connectivity index (χ4v) is 3.75. The van der Waals surface area contributed by atoms with Gasteiger partial charge in [0.2, 0.25) is 0 Å². The summed E-state index contributed by atoms with van der Waals surface area (Å²) in [5.41, 5.74) is 3.49. The molecule has 2 heterocycles. The predicted molar refractivity (Wildman–Crippen MR) is 117 cm³/mol. The molecule has 1 aliphatic heterocycles. The van der Waals surface area contributed by atoms with Crippen LogP contribution in [0.4, 0.5) is 5.69 Å². The Balaban J connectivity index is 1.29. The topological polar surface area (TPSA) is 56.2 Å². The van der Waals surface area contributed by atoms with Crippen molar-refractivity contribution in [3.63, 3.8) is 0 Å². The van der Waals surface area contributed by atoms with Crippen LogP contribution in [0, 0.1) is 0 Å². The first-order valence-corrected chi connectivity index (χ1v) is 10.1. The molecule has 30 heavy (non-hydrogen) atoms. The lowest BCUT2D eigenvalue weighted by Gasteiger charge is -2.10. The summed E-state index contributed by atoms with van der Waals surface area (Å²) in [6.07, 6.45) is 4.08. The molecular formula is C25H21N3O2. The molecule has 3 aromatic carbocycles. The number of nitrogens with one attached hydrogen (secondary N) is 1. The zero-order valence-corrected chi connectivity index (χ0v) is 16.4. The third-order valence-corrected chi connectivity index (χ3v) is 5.23. The van der Waals surface area contributed by atoms with Crippen LogP contribution < -0.4 is 10.1 Å². The summed E-state index contributed by atoms with van der Waals surface area (Å²) in [4.78, 5) is 17.2. The lowest BCUT2D eigenvalue weighted by molar-refractivity contribution is 0.102. The van der Waals surface area contributed by atoms with E-state index >= 15 is 0 Å². The van der Waals surface area contributed by atoms with Gasteiger partial charge in [-0.05, 0) is 55.0 Å². The number of hydrogen-bond acceptors (Lipinski definition) is 3. The van der Waals surface area contributed by atoms with Gasteiger partial charge in [0, 0.05) is 29.8 Å². The number of benzene rings is 3. The molecular weight excluding hydrogens is 374 g/mol. The van der Waals surface area contributed by atoms with Gasteiger partial charge in [-0.25, -0.2) is 4.98 Å². The van der Waals surface area contributed by atoms with E-state index in [-0.39, 0.29) is 5.91 Å². The molecule has 1 aromatic heterocycles. The van der Waals surface area contributed by atoms with Gasteiger partial charge >= 0.3 is 0 Å². The fraction of sp³-hybridized carbons (Fsp3) is 0.120. The first-order valence-electron chi connectivity index (χ1n) is 10.1. The van der Waals surface area contributed by atoms with E-state index in [0.717, 1.165) is 47.9 Å². The zero-order valence-electron chi connectivity index (χ0n) is 16.4. The van der Waals surface area contributed by atoms with Crippen LogP contribution in [0.3, 0.4) is 0 Å². The number of hydrogen-bond donors (Lipinski definition) is 1. The number of aromatic nitrogens is 2.